The topological polar surface area (TPSA) is 179 Å². The molecule has 0 unspecified atom stereocenters. The van der Waals surface area contributed by atoms with Crippen molar-refractivity contribution < 1.29 is 0 Å². The van der Waals surface area contributed by atoms with Gasteiger partial charge in [-0.25, -0.2) is 0 Å². The average molecular weight is 172 g/mol. The Kier molecular flexibility index (Phi) is 3.39. The van der Waals surface area contributed by atoms with Gasteiger partial charge in [-0.2, -0.15) is 10.4 Å². The summed E-state index contributed by atoms with van der Waals surface area (Å²) in [4.78, 5) is 0. The highest BCUT2D eigenvalue weighted by Gasteiger charge is 1.87. The SMILES string of the molecule is [NH4+].[NH4+].n1n[n-]c(-c2nnn[n-]2)n1. The van der Waals surface area contributed by atoms with Crippen molar-refractivity contribution >= 4 is 0 Å². The van der Waals surface area contributed by atoms with E-state index < -0.39 is 0 Å². The maximum Gasteiger partial charge on any atom is 0.0467 e. The van der Waals surface area contributed by atoms with E-state index in [1.165, 1.54) is 0 Å². The van der Waals surface area contributed by atoms with Crippen LogP contribution in [-0.2, 0) is 0 Å². The fourth-order valence-corrected chi connectivity index (χ4v) is 0.468. The van der Waals surface area contributed by atoms with E-state index in [4.69, 9.17) is 0 Å². The number of quaternary nitrogens is 2. The monoisotopic (exact) mass is 172 g/mol. The normalized spacial score (nSPS) is 8.33. The van der Waals surface area contributed by atoms with E-state index in [2.05, 4.69) is 41.2 Å². The lowest BCUT2D eigenvalue weighted by molar-refractivity contribution is 0.871. The summed E-state index contributed by atoms with van der Waals surface area (Å²) in [5.74, 6) is 0.481. The first-order valence-electron chi connectivity index (χ1n) is 2.34. The fourth-order valence-electron chi connectivity index (χ4n) is 0.468. The smallest absolute Gasteiger partial charge is 0.0467 e. The van der Waals surface area contributed by atoms with Crippen molar-refractivity contribution in [3.05, 3.63) is 0 Å². The molecular formula is C2H8N10. The van der Waals surface area contributed by atoms with Crippen molar-refractivity contribution in [2.45, 2.75) is 0 Å². The molecule has 0 fully saturated rings. The molecule has 0 radical (unpaired) electrons. The summed E-state index contributed by atoms with van der Waals surface area (Å²) in [6.45, 7) is 0. The van der Waals surface area contributed by atoms with Gasteiger partial charge in [-0.3, -0.25) is 20.6 Å². The molecule has 2 aromatic rings. The van der Waals surface area contributed by atoms with Gasteiger partial charge in [-0.15, -0.1) is 0 Å². The minimum atomic E-state index is 0. The Morgan fingerprint density at radius 1 is 0.750 bits per heavy atom. The molecule has 2 rings (SSSR count). The van der Waals surface area contributed by atoms with Crippen LogP contribution >= 0.6 is 0 Å². The van der Waals surface area contributed by atoms with E-state index in [0.29, 0.717) is 0 Å². The molecule has 0 aliphatic carbocycles. The van der Waals surface area contributed by atoms with E-state index in [9.17, 15) is 0 Å². The van der Waals surface area contributed by atoms with Crippen molar-refractivity contribution in [3.63, 3.8) is 0 Å². The second kappa shape index (κ2) is 4.05. The molecule has 0 bridgehead atoms. The summed E-state index contributed by atoms with van der Waals surface area (Å²) in [7, 11) is 0. The Morgan fingerprint density at radius 2 is 1.17 bits per heavy atom. The van der Waals surface area contributed by atoms with Crippen LogP contribution in [0, 0.1) is 0 Å². The highest BCUT2D eigenvalue weighted by molar-refractivity contribution is 5.36. The Hall–Kier alpha value is -1.94. The average Bonchev–Trinajstić information content (AvgIpc) is 2.59. The first-order valence-corrected chi connectivity index (χ1v) is 2.34. The lowest BCUT2D eigenvalue weighted by Gasteiger charge is -1.93. The number of hydrogen-bond donors (Lipinski definition) is 2. The quantitative estimate of drug-likeness (QED) is 0.515. The van der Waals surface area contributed by atoms with Gasteiger partial charge >= 0.3 is 0 Å². The Morgan fingerprint density at radius 3 is 1.42 bits per heavy atom. The van der Waals surface area contributed by atoms with Crippen LogP contribution in [0.2, 0.25) is 0 Å². The molecule has 10 heteroatoms. The van der Waals surface area contributed by atoms with Crippen LogP contribution in [0.1, 0.15) is 0 Å². The predicted octanol–water partition coefficient (Wildman–Crippen LogP) is -1.61. The van der Waals surface area contributed by atoms with Crippen molar-refractivity contribution in [2.24, 2.45) is 0 Å². The molecule has 0 amide bonds. The maximum absolute atomic E-state index is 3.48. The van der Waals surface area contributed by atoms with Gasteiger partial charge in [0.25, 0.3) is 0 Å². The Bertz CT molecular complexity index is 247. The number of rotatable bonds is 1. The zero-order chi connectivity index (χ0) is 6.81. The minimum absolute atomic E-state index is 0. The van der Waals surface area contributed by atoms with Crippen LogP contribution in [-0.4, -0.2) is 31.1 Å². The maximum atomic E-state index is 3.48. The highest BCUT2D eigenvalue weighted by Crippen LogP contribution is 1.97. The highest BCUT2D eigenvalue weighted by atomic mass is 15.5. The van der Waals surface area contributed by atoms with Crippen LogP contribution < -0.4 is 22.5 Å². The lowest BCUT2D eigenvalue weighted by atomic mass is 10.6. The van der Waals surface area contributed by atoms with Gasteiger partial charge in [0.1, 0.15) is 0 Å². The first kappa shape index (κ1) is 10.1. The van der Waals surface area contributed by atoms with Crippen molar-refractivity contribution in [1.82, 2.24) is 53.5 Å². The predicted molar refractivity (Wildman–Crippen MR) is 37.3 cm³/mol. The Balaban J connectivity index is 0.000000605. The summed E-state index contributed by atoms with van der Waals surface area (Å²) in [5, 5.41) is 26.9. The van der Waals surface area contributed by atoms with Gasteiger partial charge in [0.05, 0.1) is 0 Å². The Labute approximate surface area is 66.3 Å². The summed E-state index contributed by atoms with van der Waals surface area (Å²) >= 11 is 0. The van der Waals surface area contributed by atoms with Crippen molar-refractivity contribution in [3.8, 4) is 11.6 Å². The van der Waals surface area contributed by atoms with E-state index in [0.717, 1.165) is 0 Å². The van der Waals surface area contributed by atoms with E-state index in [1.54, 1.807) is 0 Å². The number of nitrogens with zero attached hydrogens (tertiary/aromatic N) is 8. The number of aromatic nitrogens is 8. The first-order chi connectivity index (χ1) is 4.97. The van der Waals surface area contributed by atoms with Crippen LogP contribution in [0.25, 0.3) is 11.6 Å². The summed E-state index contributed by atoms with van der Waals surface area (Å²) in [6, 6.07) is 0. The summed E-state index contributed by atoms with van der Waals surface area (Å²) < 4.78 is 0. The fraction of sp³-hybridized carbons (Fsp3) is 0. The van der Waals surface area contributed by atoms with E-state index in [1.807, 2.05) is 0 Å². The molecule has 2 aromatic heterocycles. The summed E-state index contributed by atoms with van der Waals surface area (Å²) in [6.07, 6.45) is 0. The van der Waals surface area contributed by atoms with Gasteiger partial charge < -0.3 is 22.5 Å². The summed E-state index contributed by atoms with van der Waals surface area (Å²) in [5.41, 5.74) is 0. The zero-order valence-electron chi connectivity index (χ0n) is 6.58. The van der Waals surface area contributed by atoms with Crippen LogP contribution in [0.15, 0.2) is 0 Å². The van der Waals surface area contributed by atoms with Gasteiger partial charge in [0, 0.05) is 11.6 Å². The molecule has 12 heavy (non-hydrogen) atoms. The van der Waals surface area contributed by atoms with Crippen molar-refractivity contribution in [2.75, 3.05) is 0 Å². The lowest BCUT2D eigenvalue weighted by Crippen LogP contribution is -1.87. The molecule has 10 nitrogen and oxygen atoms in total. The molecular weight excluding hydrogens is 164 g/mol. The van der Waals surface area contributed by atoms with E-state index in [-0.39, 0.29) is 23.9 Å². The second-order valence-corrected chi connectivity index (χ2v) is 1.40. The molecule has 2 heterocycles. The third kappa shape index (κ3) is 1.56. The molecule has 66 valence electrons. The molecule has 0 aliphatic rings. The second-order valence-electron chi connectivity index (χ2n) is 1.40. The largest absolute Gasteiger partial charge is 0.369 e. The molecule has 0 aromatic carbocycles. The standard InChI is InChI=1S/C2N8.2H3N/c3-1(4-8-7-3)2-5-9-10-6-2;;/h;2*1H3/q-2;;/p+2. The molecule has 0 aliphatic heterocycles. The van der Waals surface area contributed by atoms with Gasteiger partial charge in [-0.1, -0.05) is 0 Å². The minimum Gasteiger partial charge on any atom is -0.369 e. The molecule has 0 saturated heterocycles. The van der Waals surface area contributed by atoms with Crippen molar-refractivity contribution in [1.29, 1.82) is 0 Å². The van der Waals surface area contributed by atoms with Gasteiger partial charge in [0.15, 0.2) is 0 Å². The van der Waals surface area contributed by atoms with Gasteiger partial charge in [-0.05, 0) is 0 Å². The van der Waals surface area contributed by atoms with Crippen LogP contribution in [0.5, 0.6) is 0 Å². The van der Waals surface area contributed by atoms with Gasteiger partial charge in [0.2, 0.25) is 0 Å². The molecule has 8 N–H and O–H groups in total. The van der Waals surface area contributed by atoms with E-state index >= 15 is 0 Å². The number of tetrazole rings is 2. The number of hydrogen-bond acceptors (Lipinski definition) is 6. The third-order valence-electron chi connectivity index (χ3n) is 0.838. The van der Waals surface area contributed by atoms with Crippen LogP contribution in [0.3, 0.4) is 0 Å². The van der Waals surface area contributed by atoms with Crippen LogP contribution in [0.4, 0.5) is 0 Å². The zero-order valence-corrected chi connectivity index (χ0v) is 6.58. The third-order valence-corrected chi connectivity index (χ3v) is 0.838. The molecule has 0 atom stereocenters. The molecule has 0 spiro atoms. The molecule has 0 saturated carbocycles.